The number of rotatable bonds is 2. The lowest BCUT2D eigenvalue weighted by atomic mass is 10.2. The zero-order chi connectivity index (χ0) is 14.3. The Bertz CT molecular complexity index is 798. The van der Waals surface area contributed by atoms with E-state index >= 15 is 0 Å². The normalized spacial score (nSPS) is 11.2. The Kier molecular flexibility index (Phi) is 3.59. The van der Waals surface area contributed by atoms with Crippen LogP contribution in [-0.4, -0.2) is 9.55 Å². The van der Waals surface area contributed by atoms with Gasteiger partial charge >= 0.3 is 0 Å². The number of imidazole rings is 1. The summed E-state index contributed by atoms with van der Waals surface area (Å²) in [5.41, 5.74) is 2.15. The van der Waals surface area contributed by atoms with Gasteiger partial charge in [-0.2, -0.15) is 0 Å². The molecule has 2 aromatic carbocycles. The van der Waals surface area contributed by atoms with Crippen LogP contribution in [0.2, 0.25) is 10.0 Å². The van der Waals surface area contributed by atoms with Gasteiger partial charge in [0.05, 0.1) is 21.4 Å². The molecule has 20 heavy (non-hydrogen) atoms. The topological polar surface area (TPSA) is 17.8 Å². The second-order valence-corrected chi connectivity index (χ2v) is 5.28. The van der Waals surface area contributed by atoms with Crippen LogP contribution < -0.4 is 0 Å². The molecule has 1 aromatic heterocycles. The van der Waals surface area contributed by atoms with Gasteiger partial charge in [0.2, 0.25) is 0 Å². The summed E-state index contributed by atoms with van der Waals surface area (Å²) < 4.78 is 15.1. The molecular weight excluding hydrogens is 322 g/mol. The molecule has 0 atom stereocenters. The van der Waals surface area contributed by atoms with Crippen molar-refractivity contribution in [3.8, 4) is 5.69 Å². The quantitative estimate of drug-likeness (QED) is 0.590. The van der Waals surface area contributed by atoms with E-state index in [2.05, 4.69) is 4.98 Å². The molecule has 0 amide bonds. The zero-order valence-corrected chi connectivity index (χ0v) is 12.3. The van der Waals surface area contributed by atoms with Gasteiger partial charge in [-0.3, -0.25) is 4.57 Å². The molecule has 6 heteroatoms. The second kappa shape index (κ2) is 5.24. The van der Waals surface area contributed by atoms with Gasteiger partial charge in [-0.15, -0.1) is 11.6 Å². The molecule has 3 rings (SSSR count). The van der Waals surface area contributed by atoms with E-state index in [0.29, 0.717) is 22.1 Å². The molecule has 0 N–H and O–H groups in total. The number of hydrogen-bond donors (Lipinski definition) is 0. The first kappa shape index (κ1) is 13.7. The smallest absolute Gasteiger partial charge is 0.141 e. The van der Waals surface area contributed by atoms with Crippen molar-refractivity contribution in [1.82, 2.24) is 9.55 Å². The molecule has 0 saturated carbocycles. The number of para-hydroxylation sites is 1. The van der Waals surface area contributed by atoms with Gasteiger partial charge in [0.1, 0.15) is 17.2 Å². The van der Waals surface area contributed by atoms with Crippen LogP contribution in [0.25, 0.3) is 16.7 Å². The van der Waals surface area contributed by atoms with Crippen molar-refractivity contribution in [3.05, 3.63) is 58.1 Å². The fourth-order valence-electron chi connectivity index (χ4n) is 2.12. The molecule has 0 saturated heterocycles. The van der Waals surface area contributed by atoms with Crippen LogP contribution in [0.5, 0.6) is 0 Å². The van der Waals surface area contributed by atoms with Crippen molar-refractivity contribution in [2.24, 2.45) is 0 Å². The van der Waals surface area contributed by atoms with Crippen LogP contribution in [0.15, 0.2) is 36.4 Å². The van der Waals surface area contributed by atoms with E-state index < -0.39 is 5.82 Å². The number of alkyl halides is 1. The van der Waals surface area contributed by atoms with Crippen LogP contribution in [0.4, 0.5) is 4.39 Å². The van der Waals surface area contributed by atoms with Gasteiger partial charge in [0.25, 0.3) is 0 Å². The summed E-state index contributed by atoms with van der Waals surface area (Å²) in [6.45, 7) is 0. The molecule has 0 fully saturated rings. The molecule has 102 valence electrons. The van der Waals surface area contributed by atoms with E-state index in [0.717, 1.165) is 5.52 Å². The van der Waals surface area contributed by atoms with Crippen molar-refractivity contribution in [1.29, 1.82) is 0 Å². The third kappa shape index (κ3) is 2.16. The molecule has 0 radical (unpaired) electrons. The van der Waals surface area contributed by atoms with Crippen molar-refractivity contribution in [2.45, 2.75) is 5.88 Å². The fraction of sp³-hybridized carbons (Fsp3) is 0.0714. The maximum atomic E-state index is 13.3. The number of aromatic nitrogens is 2. The maximum absolute atomic E-state index is 13.3. The fourth-order valence-corrected chi connectivity index (χ4v) is 2.68. The first-order valence-corrected chi connectivity index (χ1v) is 7.08. The van der Waals surface area contributed by atoms with Gasteiger partial charge in [-0.05, 0) is 30.3 Å². The molecule has 0 aliphatic heterocycles. The molecule has 0 bridgehead atoms. The van der Waals surface area contributed by atoms with E-state index in [9.17, 15) is 4.39 Å². The average Bonchev–Trinajstić information content (AvgIpc) is 2.82. The van der Waals surface area contributed by atoms with Crippen molar-refractivity contribution >= 4 is 45.8 Å². The molecule has 0 unspecified atom stereocenters. The predicted molar refractivity (Wildman–Crippen MR) is 80.6 cm³/mol. The highest BCUT2D eigenvalue weighted by molar-refractivity contribution is 6.35. The van der Waals surface area contributed by atoms with E-state index in [-0.39, 0.29) is 10.9 Å². The van der Waals surface area contributed by atoms with Crippen molar-refractivity contribution < 1.29 is 4.39 Å². The van der Waals surface area contributed by atoms with Gasteiger partial charge in [0.15, 0.2) is 0 Å². The molecule has 1 heterocycles. The third-order valence-corrected chi connectivity index (χ3v) is 3.82. The molecule has 0 aliphatic rings. The summed E-state index contributed by atoms with van der Waals surface area (Å²) in [5.74, 6) is 0.364. The Morgan fingerprint density at radius 3 is 2.60 bits per heavy atom. The maximum Gasteiger partial charge on any atom is 0.141 e. The van der Waals surface area contributed by atoms with E-state index in [4.69, 9.17) is 34.8 Å². The molecule has 0 aliphatic carbocycles. The summed E-state index contributed by atoms with van der Waals surface area (Å²) in [5, 5.41) is 0.590. The Balaban J connectivity index is 2.34. The minimum Gasteiger partial charge on any atom is -0.295 e. The average molecular weight is 330 g/mol. The standard InChI is InChI=1S/C14H8Cl3FN2/c15-7-13-19-14-9(16)2-1-3-12(14)20(13)8-4-5-11(18)10(17)6-8/h1-6H,7H2. The number of halogens is 4. The van der Waals surface area contributed by atoms with Crippen molar-refractivity contribution in [3.63, 3.8) is 0 Å². The second-order valence-electron chi connectivity index (χ2n) is 4.20. The number of nitrogens with zero attached hydrogens (tertiary/aromatic N) is 2. The summed E-state index contributed by atoms with van der Waals surface area (Å²) in [7, 11) is 0. The van der Waals surface area contributed by atoms with Crippen LogP contribution in [0.3, 0.4) is 0 Å². The van der Waals surface area contributed by atoms with Crippen LogP contribution in [0, 0.1) is 5.82 Å². The van der Waals surface area contributed by atoms with E-state index in [1.165, 1.54) is 12.1 Å². The number of hydrogen-bond acceptors (Lipinski definition) is 1. The Morgan fingerprint density at radius 2 is 1.90 bits per heavy atom. The first-order chi connectivity index (χ1) is 9.61. The summed E-state index contributed by atoms with van der Waals surface area (Å²) in [6.07, 6.45) is 0. The highest BCUT2D eigenvalue weighted by Gasteiger charge is 2.14. The van der Waals surface area contributed by atoms with Crippen LogP contribution in [0.1, 0.15) is 5.82 Å². The largest absolute Gasteiger partial charge is 0.295 e. The summed E-state index contributed by atoms with van der Waals surface area (Å²) >= 11 is 17.9. The lowest BCUT2D eigenvalue weighted by molar-refractivity contribution is 0.628. The summed E-state index contributed by atoms with van der Waals surface area (Å²) in [4.78, 5) is 4.42. The van der Waals surface area contributed by atoms with Gasteiger partial charge in [-0.1, -0.05) is 29.3 Å². The summed E-state index contributed by atoms with van der Waals surface area (Å²) in [6, 6.07) is 9.94. The Hall–Kier alpha value is -1.29. The monoisotopic (exact) mass is 328 g/mol. The van der Waals surface area contributed by atoms with Crippen molar-refractivity contribution in [2.75, 3.05) is 0 Å². The van der Waals surface area contributed by atoms with Crippen LogP contribution in [-0.2, 0) is 5.88 Å². The lowest BCUT2D eigenvalue weighted by Crippen LogP contribution is -1.99. The minimum atomic E-state index is -0.467. The molecule has 2 nitrogen and oxygen atoms in total. The zero-order valence-electron chi connectivity index (χ0n) is 10.1. The van der Waals surface area contributed by atoms with E-state index in [1.807, 2.05) is 16.7 Å². The highest BCUT2D eigenvalue weighted by atomic mass is 35.5. The van der Waals surface area contributed by atoms with Gasteiger partial charge in [0, 0.05) is 5.69 Å². The number of benzene rings is 2. The van der Waals surface area contributed by atoms with Gasteiger partial charge in [-0.25, -0.2) is 9.37 Å². The lowest BCUT2D eigenvalue weighted by Gasteiger charge is -2.08. The predicted octanol–water partition coefficient (Wildman–Crippen LogP) is 5.21. The number of fused-ring (bicyclic) bond motifs is 1. The Morgan fingerprint density at radius 1 is 1.10 bits per heavy atom. The minimum absolute atomic E-state index is 0.0481. The highest BCUT2D eigenvalue weighted by Crippen LogP contribution is 2.29. The molecule has 3 aromatic rings. The SMILES string of the molecule is Fc1ccc(-n2c(CCl)nc3c(Cl)cccc32)cc1Cl. The third-order valence-electron chi connectivity index (χ3n) is 2.99. The van der Waals surface area contributed by atoms with Gasteiger partial charge < -0.3 is 0 Å². The molecular formula is C14H8Cl3FN2. The van der Waals surface area contributed by atoms with E-state index in [1.54, 1.807) is 12.1 Å². The van der Waals surface area contributed by atoms with Crippen LogP contribution >= 0.6 is 34.8 Å². The Labute approximate surface area is 129 Å². The first-order valence-electron chi connectivity index (χ1n) is 5.79. The molecule has 0 spiro atoms.